The Hall–Kier alpha value is -1.00. The average Bonchev–Trinajstić information content (AvgIpc) is 2.77. The summed E-state index contributed by atoms with van der Waals surface area (Å²) in [5.41, 5.74) is 1.21. The molecule has 1 aliphatic rings. The van der Waals surface area contributed by atoms with E-state index < -0.39 is 0 Å². The zero-order valence-corrected chi connectivity index (χ0v) is 11.5. The van der Waals surface area contributed by atoms with Gasteiger partial charge in [-0.25, -0.2) is 0 Å². The Kier molecular flexibility index (Phi) is 5.08. The molecule has 1 unspecified atom stereocenters. The molecule has 2 rings (SSSR count). The lowest BCUT2D eigenvalue weighted by molar-refractivity contribution is -0.128. The summed E-state index contributed by atoms with van der Waals surface area (Å²) in [5.74, 6) is 0.833. The van der Waals surface area contributed by atoms with Gasteiger partial charge in [0.1, 0.15) is 5.37 Å². The van der Waals surface area contributed by atoms with E-state index in [1.54, 1.807) is 11.8 Å². The van der Waals surface area contributed by atoms with E-state index in [2.05, 4.69) is 12.1 Å². The van der Waals surface area contributed by atoms with Gasteiger partial charge in [-0.05, 0) is 18.9 Å². The SMILES string of the molecule is CCOCCCN1C(=O)CSC1c1ccccc1. The smallest absolute Gasteiger partial charge is 0.233 e. The van der Waals surface area contributed by atoms with Gasteiger partial charge in [-0.3, -0.25) is 4.79 Å². The number of amides is 1. The minimum Gasteiger partial charge on any atom is -0.382 e. The van der Waals surface area contributed by atoms with Gasteiger partial charge in [0, 0.05) is 19.8 Å². The van der Waals surface area contributed by atoms with E-state index >= 15 is 0 Å². The van der Waals surface area contributed by atoms with Crippen molar-refractivity contribution >= 4 is 17.7 Å². The summed E-state index contributed by atoms with van der Waals surface area (Å²) in [6.45, 7) is 4.24. The summed E-state index contributed by atoms with van der Waals surface area (Å²) in [4.78, 5) is 13.9. The quantitative estimate of drug-likeness (QED) is 0.741. The van der Waals surface area contributed by atoms with Crippen LogP contribution in [0.4, 0.5) is 0 Å². The molecule has 1 aromatic carbocycles. The third-order valence-electron chi connectivity index (χ3n) is 2.94. The summed E-state index contributed by atoms with van der Waals surface area (Å²) in [6.07, 6.45) is 0.906. The zero-order valence-electron chi connectivity index (χ0n) is 10.7. The van der Waals surface area contributed by atoms with Crippen LogP contribution in [0.2, 0.25) is 0 Å². The van der Waals surface area contributed by atoms with Crippen LogP contribution in [0, 0.1) is 0 Å². The lowest BCUT2D eigenvalue weighted by Gasteiger charge is -2.24. The molecular weight excluding hydrogens is 246 g/mol. The number of carbonyl (C=O) groups excluding carboxylic acids is 1. The number of carbonyl (C=O) groups is 1. The van der Waals surface area contributed by atoms with Crippen LogP contribution in [0.5, 0.6) is 0 Å². The maximum atomic E-state index is 11.9. The number of benzene rings is 1. The van der Waals surface area contributed by atoms with Gasteiger partial charge in [-0.1, -0.05) is 30.3 Å². The van der Waals surface area contributed by atoms with Crippen LogP contribution >= 0.6 is 11.8 Å². The van der Waals surface area contributed by atoms with E-state index in [1.807, 2.05) is 30.0 Å². The fourth-order valence-corrected chi connectivity index (χ4v) is 3.29. The van der Waals surface area contributed by atoms with Gasteiger partial charge in [0.05, 0.1) is 5.75 Å². The van der Waals surface area contributed by atoms with Crippen molar-refractivity contribution in [1.29, 1.82) is 0 Å². The molecule has 0 spiro atoms. The van der Waals surface area contributed by atoms with E-state index in [9.17, 15) is 4.79 Å². The normalized spacial score (nSPS) is 19.5. The van der Waals surface area contributed by atoms with Crippen molar-refractivity contribution in [2.75, 3.05) is 25.5 Å². The zero-order chi connectivity index (χ0) is 12.8. The van der Waals surface area contributed by atoms with Crippen molar-refractivity contribution in [2.24, 2.45) is 0 Å². The third-order valence-corrected chi connectivity index (χ3v) is 4.20. The molecule has 0 bridgehead atoms. The second-order valence-corrected chi connectivity index (χ2v) is 5.28. The van der Waals surface area contributed by atoms with Crippen molar-refractivity contribution in [3.63, 3.8) is 0 Å². The summed E-state index contributed by atoms with van der Waals surface area (Å²) >= 11 is 1.71. The second kappa shape index (κ2) is 6.81. The standard InChI is InChI=1S/C14H19NO2S/c1-2-17-10-6-9-15-13(16)11-18-14(15)12-7-4-3-5-8-12/h3-5,7-8,14H,2,6,9-11H2,1H3. The molecule has 3 nitrogen and oxygen atoms in total. The maximum Gasteiger partial charge on any atom is 0.233 e. The van der Waals surface area contributed by atoms with E-state index in [1.165, 1.54) is 5.56 Å². The van der Waals surface area contributed by atoms with Crippen LogP contribution in [-0.2, 0) is 9.53 Å². The highest BCUT2D eigenvalue weighted by atomic mass is 32.2. The fourth-order valence-electron chi connectivity index (χ4n) is 2.07. The van der Waals surface area contributed by atoms with Gasteiger partial charge in [-0.15, -0.1) is 11.8 Å². The van der Waals surface area contributed by atoms with Crippen molar-refractivity contribution in [1.82, 2.24) is 4.90 Å². The van der Waals surface area contributed by atoms with Crippen LogP contribution in [0.15, 0.2) is 30.3 Å². The van der Waals surface area contributed by atoms with Crippen LogP contribution in [-0.4, -0.2) is 36.3 Å². The minimum absolute atomic E-state index is 0.181. The number of thioether (sulfide) groups is 1. The maximum absolute atomic E-state index is 11.9. The number of ether oxygens (including phenoxy) is 1. The van der Waals surface area contributed by atoms with Crippen molar-refractivity contribution < 1.29 is 9.53 Å². The molecule has 18 heavy (non-hydrogen) atoms. The van der Waals surface area contributed by atoms with E-state index in [-0.39, 0.29) is 11.3 Å². The Morgan fingerprint density at radius 1 is 1.39 bits per heavy atom. The van der Waals surface area contributed by atoms with Gasteiger partial charge in [-0.2, -0.15) is 0 Å². The molecule has 0 aromatic heterocycles. The molecule has 0 N–H and O–H groups in total. The molecule has 4 heteroatoms. The van der Waals surface area contributed by atoms with Gasteiger partial charge < -0.3 is 9.64 Å². The molecule has 1 heterocycles. The van der Waals surface area contributed by atoms with Crippen LogP contribution in [0.1, 0.15) is 24.3 Å². The minimum atomic E-state index is 0.181. The predicted molar refractivity (Wildman–Crippen MR) is 74.5 cm³/mol. The number of hydrogen-bond acceptors (Lipinski definition) is 3. The highest BCUT2D eigenvalue weighted by Crippen LogP contribution is 2.38. The van der Waals surface area contributed by atoms with Crippen LogP contribution in [0.25, 0.3) is 0 Å². The Morgan fingerprint density at radius 2 is 2.17 bits per heavy atom. The molecule has 1 aromatic rings. The van der Waals surface area contributed by atoms with Gasteiger partial charge in [0.25, 0.3) is 0 Å². The number of hydrogen-bond donors (Lipinski definition) is 0. The Labute approximate surface area is 113 Å². The molecule has 1 atom stereocenters. The van der Waals surface area contributed by atoms with Crippen molar-refractivity contribution in [3.05, 3.63) is 35.9 Å². The first-order valence-corrected chi connectivity index (χ1v) is 7.41. The van der Waals surface area contributed by atoms with Crippen molar-refractivity contribution in [3.8, 4) is 0 Å². The summed E-state index contributed by atoms with van der Waals surface area (Å²) in [7, 11) is 0. The van der Waals surface area contributed by atoms with Crippen LogP contribution < -0.4 is 0 Å². The molecule has 0 saturated carbocycles. The third kappa shape index (κ3) is 3.27. The molecule has 0 aliphatic carbocycles. The van der Waals surface area contributed by atoms with Gasteiger partial charge in [0.2, 0.25) is 5.91 Å². The average molecular weight is 265 g/mol. The topological polar surface area (TPSA) is 29.5 Å². The monoisotopic (exact) mass is 265 g/mol. The molecule has 1 aliphatic heterocycles. The van der Waals surface area contributed by atoms with E-state index in [0.717, 1.165) is 26.2 Å². The molecule has 98 valence electrons. The Morgan fingerprint density at radius 3 is 2.89 bits per heavy atom. The second-order valence-electron chi connectivity index (χ2n) is 4.21. The first-order valence-electron chi connectivity index (χ1n) is 6.36. The largest absolute Gasteiger partial charge is 0.382 e. The van der Waals surface area contributed by atoms with Gasteiger partial charge in [0.15, 0.2) is 0 Å². The van der Waals surface area contributed by atoms with Crippen LogP contribution in [0.3, 0.4) is 0 Å². The number of rotatable bonds is 6. The summed E-state index contributed by atoms with van der Waals surface area (Å²) in [6, 6.07) is 10.2. The number of nitrogens with zero attached hydrogens (tertiary/aromatic N) is 1. The molecule has 1 amide bonds. The molecule has 1 fully saturated rings. The lowest BCUT2D eigenvalue weighted by Crippen LogP contribution is -2.29. The fraction of sp³-hybridized carbons (Fsp3) is 0.500. The Bertz CT molecular complexity index is 383. The van der Waals surface area contributed by atoms with Crippen molar-refractivity contribution in [2.45, 2.75) is 18.7 Å². The highest BCUT2D eigenvalue weighted by molar-refractivity contribution is 8.00. The molecular formula is C14H19NO2S. The molecule has 0 radical (unpaired) electrons. The summed E-state index contributed by atoms with van der Waals surface area (Å²) in [5, 5.41) is 0.181. The first-order chi connectivity index (χ1) is 8.83. The predicted octanol–water partition coefficient (Wildman–Crippen LogP) is 2.69. The highest BCUT2D eigenvalue weighted by Gasteiger charge is 2.31. The van der Waals surface area contributed by atoms with E-state index in [0.29, 0.717) is 5.75 Å². The summed E-state index contributed by atoms with van der Waals surface area (Å²) < 4.78 is 5.32. The Balaban J connectivity index is 1.95. The van der Waals surface area contributed by atoms with E-state index in [4.69, 9.17) is 4.74 Å². The first kappa shape index (κ1) is 13.4. The lowest BCUT2D eigenvalue weighted by atomic mass is 10.2. The van der Waals surface area contributed by atoms with Gasteiger partial charge >= 0.3 is 0 Å². The molecule has 1 saturated heterocycles.